The Balaban J connectivity index is 1.55. The Kier molecular flexibility index (Phi) is 9.36. The van der Waals surface area contributed by atoms with Crippen molar-refractivity contribution in [1.82, 2.24) is 10.3 Å². The van der Waals surface area contributed by atoms with Gasteiger partial charge in [-0.15, -0.1) is 0 Å². The number of nitrogens with zero attached hydrogens (tertiary/aromatic N) is 1. The van der Waals surface area contributed by atoms with Crippen LogP contribution in [0.15, 0.2) is 66.7 Å². The van der Waals surface area contributed by atoms with E-state index in [1.165, 1.54) is 25.3 Å². The summed E-state index contributed by atoms with van der Waals surface area (Å²) in [5.74, 6) is -0.959. The van der Waals surface area contributed by atoms with Crippen LogP contribution in [-0.4, -0.2) is 48.1 Å². The van der Waals surface area contributed by atoms with Crippen molar-refractivity contribution in [2.24, 2.45) is 0 Å². The van der Waals surface area contributed by atoms with Crippen LogP contribution in [0, 0.1) is 6.92 Å². The highest BCUT2D eigenvalue weighted by atomic mass is 16.5. The molecule has 2 amide bonds. The van der Waals surface area contributed by atoms with E-state index in [-0.39, 0.29) is 24.3 Å². The van der Waals surface area contributed by atoms with Crippen molar-refractivity contribution in [3.05, 3.63) is 89.1 Å². The molecule has 41 heavy (non-hydrogen) atoms. The summed E-state index contributed by atoms with van der Waals surface area (Å²) in [5.41, 5.74) is 2.35. The van der Waals surface area contributed by atoms with Crippen molar-refractivity contribution in [3.63, 3.8) is 0 Å². The normalized spacial score (nSPS) is 10.6. The van der Waals surface area contributed by atoms with Crippen LogP contribution in [0.3, 0.4) is 0 Å². The van der Waals surface area contributed by atoms with E-state index < -0.39 is 17.8 Å². The van der Waals surface area contributed by atoms with E-state index in [4.69, 9.17) is 14.2 Å². The number of pyridine rings is 1. The zero-order valence-corrected chi connectivity index (χ0v) is 23.0. The van der Waals surface area contributed by atoms with Gasteiger partial charge in [0.05, 0.1) is 42.6 Å². The van der Waals surface area contributed by atoms with E-state index in [2.05, 4.69) is 15.6 Å². The molecule has 4 aromatic rings. The topological polar surface area (TPSA) is 136 Å². The van der Waals surface area contributed by atoms with E-state index in [1.54, 1.807) is 18.2 Å². The van der Waals surface area contributed by atoms with Crippen LogP contribution in [-0.2, 0) is 11.4 Å². The molecule has 1 aromatic heterocycles. The lowest BCUT2D eigenvalue weighted by Crippen LogP contribution is -2.33. The summed E-state index contributed by atoms with van der Waals surface area (Å²) in [6.45, 7) is 3.93. The molecule has 0 aliphatic heterocycles. The first-order valence-corrected chi connectivity index (χ1v) is 13.0. The second kappa shape index (κ2) is 13.3. The van der Waals surface area contributed by atoms with Gasteiger partial charge in [-0.2, -0.15) is 0 Å². The number of aromatic nitrogens is 1. The molecule has 0 aliphatic carbocycles. The highest BCUT2D eigenvalue weighted by Crippen LogP contribution is 2.37. The van der Waals surface area contributed by atoms with Gasteiger partial charge in [0.15, 0.2) is 5.75 Å². The van der Waals surface area contributed by atoms with Gasteiger partial charge >= 0.3 is 5.97 Å². The smallest absolute Gasteiger partial charge is 0.336 e. The largest absolute Gasteiger partial charge is 0.496 e. The number of rotatable bonds is 12. The van der Waals surface area contributed by atoms with Gasteiger partial charge in [-0.25, -0.2) is 9.78 Å². The molecule has 3 aromatic carbocycles. The maximum Gasteiger partial charge on any atom is 0.336 e. The molecule has 0 unspecified atom stereocenters. The maximum absolute atomic E-state index is 12.8. The third-order valence-corrected chi connectivity index (χ3v) is 6.17. The van der Waals surface area contributed by atoms with E-state index in [0.29, 0.717) is 35.1 Å². The summed E-state index contributed by atoms with van der Waals surface area (Å²) in [6, 6.07) is 18.7. The Morgan fingerprint density at radius 3 is 2.41 bits per heavy atom. The number of hydrogen-bond donors (Lipinski definition) is 3. The number of carboxylic acid groups (broad SMARTS) is 1. The van der Waals surface area contributed by atoms with E-state index >= 15 is 0 Å². The van der Waals surface area contributed by atoms with Gasteiger partial charge in [0, 0.05) is 11.1 Å². The average Bonchev–Trinajstić information content (AvgIpc) is 2.98. The number of carboxylic acids is 1. The fraction of sp³-hybridized carbons (Fsp3) is 0.226. The molecule has 10 nitrogen and oxygen atoms in total. The first kappa shape index (κ1) is 28.9. The van der Waals surface area contributed by atoms with Gasteiger partial charge in [0.25, 0.3) is 5.91 Å². The third kappa shape index (κ3) is 6.91. The first-order valence-electron chi connectivity index (χ1n) is 13.0. The number of aryl methyl sites for hydroxylation is 1. The number of hydrogen-bond acceptors (Lipinski definition) is 7. The monoisotopic (exact) mass is 557 g/mol. The summed E-state index contributed by atoms with van der Waals surface area (Å²) in [5, 5.41) is 15.5. The van der Waals surface area contributed by atoms with E-state index in [1.807, 2.05) is 44.2 Å². The fourth-order valence-corrected chi connectivity index (χ4v) is 4.21. The zero-order valence-electron chi connectivity index (χ0n) is 23.0. The highest BCUT2D eigenvalue weighted by molar-refractivity contribution is 6.06. The molecular formula is C31H31N3O7. The summed E-state index contributed by atoms with van der Waals surface area (Å²) >= 11 is 0. The Hall–Kier alpha value is -5.12. The third-order valence-electron chi connectivity index (χ3n) is 6.17. The summed E-state index contributed by atoms with van der Waals surface area (Å²) in [6.07, 6.45) is 0.719. The van der Waals surface area contributed by atoms with Crippen LogP contribution in [0.25, 0.3) is 10.9 Å². The molecule has 212 valence electrons. The minimum Gasteiger partial charge on any atom is -0.496 e. The molecule has 0 atom stereocenters. The summed E-state index contributed by atoms with van der Waals surface area (Å²) < 4.78 is 17.8. The Morgan fingerprint density at radius 2 is 1.68 bits per heavy atom. The summed E-state index contributed by atoms with van der Waals surface area (Å²) in [7, 11) is 1.54. The molecule has 10 heteroatoms. The van der Waals surface area contributed by atoms with Crippen LogP contribution in [0.1, 0.15) is 45.3 Å². The highest BCUT2D eigenvalue weighted by Gasteiger charge is 2.20. The SMILES string of the molecule is CCCOc1c(NC(=O)CNC(=O)c2ccccc2C(=O)O)ccc(OC)c1COc1cccc2ccc(C)nc12. The molecule has 1 heterocycles. The Labute approximate surface area is 237 Å². The molecule has 0 spiro atoms. The number of benzene rings is 3. The van der Waals surface area contributed by atoms with E-state index in [9.17, 15) is 19.5 Å². The molecule has 3 N–H and O–H groups in total. The van der Waals surface area contributed by atoms with Gasteiger partial charge in [0.1, 0.15) is 23.6 Å². The first-order chi connectivity index (χ1) is 19.8. The van der Waals surface area contributed by atoms with Crippen molar-refractivity contribution in [1.29, 1.82) is 0 Å². The number of para-hydroxylation sites is 1. The van der Waals surface area contributed by atoms with Crippen LogP contribution in [0.5, 0.6) is 17.2 Å². The lowest BCUT2D eigenvalue weighted by atomic mass is 10.1. The minimum absolute atomic E-state index is 0.0400. The summed E-state index contributed by atoms with van der Waals surface area (Å²) in [4.78, 5) is 41.5. The predicted octanol–water partition coefficient (Wildman–Crippen LogP) is 4.99. The molecule has 0 radical (unpaired) electrons. The molecule has 0 fully saturated rings. The number of carbonyl (C=O) groups excluding carboxylic acids is 2. The maximum atomic E-state index is 12.8. The van der Waals surface area contributed by atoms with Gasteiger partial charge < -0.3 is 30.0 Å². The quantitative estimate of drug-likeness (QED) is 0.222. The molecule has 4 rings (SSSR count). The number of anilines is 1. The lowest BCUT2D eigenvalue weighted by molar-refractivity contribution is -0.115. The Bertz CT molecular complexity index is 1590. The number of aromatic carboxylic acids is 1. The van der Waals surface area contributed by atoms with E-state index in [0.717, 1.165) is 23.0 Å². The number of carbonyl (C=O) groups is 3. The van der Waals surface area contributed by atoms with Crippen LogP contribution >= 0.6 is 0 Å². The van der Waals surface area contributed by atoms with Gasteiger partial charge in [-0.3, -0.25) is 9.59 Å². The number of methoxy groups -OCH3 is 1. The van der Waals surface area contributed by atoms with Gasteiger partial charge in [0.2, 0.25) is 5.91 Å². The van der Waals surface area contributed by atoms with Crippen molar-refractivity contribution >= 4 is 34.4 Å². The van der Waals surface area contributed by atoms with Crippen molar-refractivity contribution in [3.8, 4) is 17.2 Å². The van der Waals surface area contributed by atoms with Crippen LogP contribution in [0.4, 0.5) is 5.69 Å². The molecule has 0 bridgehead atoms. The Morgan fingerprint density at radius 1 is 0.902 bits per heavy atom. The molecular weight excluding hydrogens is 526 g/mol. The van der Waals surface area contributed by atoms with Crippen molar-refractivity contribution in [2.75, 3.05) is 25.6 Å². The second-order valence-electron chi connectivity index (χ2n) is 9.12. The molecule has 0 aliphatic rings. The number of nitrogens with one attached hydrogen (secondary N) is 2. The van der Waals surface area contributed by atoms with Crippen LogP contribution in [0.2, 0.25) is 0 Å². The standard InChI is InChI=1S/C31H31N3O7/c1-4-16-40-29-23(18-41-26-11-7-8-20-13-12-19(2)33-28(20)26)25(39-3)15-14-24(29)34-27(35)17-32-30(36)21-9-5-6-10-22(21)31(37)38/h5-15H,4,16-18H2,1-3H3,(H,32,36)(H,34,35)(H,37,38). The van der Waals surface area contributed by atoms with Crippen molar-refractivity contribution < 1.29 is 33.7 Å². The predicted molar refractivity (Wildman–Crippen MR) is 154 cm³/mol. The second-order valence-corrected chi connectivity index (χ2v) is 9.12. The number of ether oxygens (including phenoxy) is 3. The van der Waals surface area contributed by atoms with Crippen LogP contribution < -0.4 is 24.8 Å². The fourth-order valence-electron chi connectivity index (χ4n) is 4.21. The van der Waals surface area contributed by atoms with Crippen molar-refractivity contribution in [2.45, 2.75) is 26.9 Å². The molecule has 0 saturated heterocycles. The number of fused-ring (bicyclic) bond motifs is 1. The zero-order chi connectivity index (χ0) is 29.4. The lowest BCUT2D eigenvalue weighted by Gasteiger charge is -2.20. The number of amides is 2. The van der Waals surface area contributed by atoms with Gasteiger partial charge in [-0.1, -0.05) is 37.3 Å². The molecule has 0 saturated carbocycles. The minimum atomic E-state index is -1.24. The average molecular weight is 558 g/mol. The van der Waals surface area contributed by atoms with Gasteiger partial charge in [-0.05, 0) is 49.7 Å².